The molecule has 26 heavy (non-hydrogen) atoms. The minimum absolute atomic E-state index is 0.0698. The van der Waals surface area contributed by atoms with Crippen LogP contribution in [0.25, 0.3) is 10.2 Å². The molecule has 0 N–H and O–H groups in total. The maximum atomic E-state index is 13.2. The summed E-state index contributed by atoms with van der Waals surface area (Å²) in [5.41, 5.74) is 2.53. The molecule has 4 rings (SSSR count). The van der Waals surface area contributed by atoms with Gasteiger partial charge in [0.15, 0.2) is 5.13 Å². The fourth-order valence-electron chi connectivity index (χ4n) is 2.73. The van der Waals surface area contributed by atoms with Gasteiger partial charge in [-0.2, -0.15) is 0 Å². The third-order valence-corrected chi connectivity index (χ3v) is 5.30. The molecule has 0 saturated carbocycles. The molecule has 3 nitrogen and oxygen atoms in total. The van der Waals surface area contributed by atoms with Crippen molar-refractivity contribution in [3.63, 3.8) is 0 Å². The summed E-state index contributed by atoms with van der Waals surface area (Å²) in [5.74, 6) is -0.0698. The molecule has 0 unspecified atom stereocenters. The highest BCUT2D eigenvalue weighted by atomic mass is 35.5. The molecule has 0 spiro atoms. The Bertz CT molecular complexity index is 1050. The number of hydrogen-bond acceptors (Lipinski definition) is 3. The Labute approximate surface area is 160 Å². The van der Waals surface area contributed by atoms with Crippen LogP contribution in [0.4, 0.5) is 5.13 Å². The maximum absolute atomic E-state index is 13.2. The van der Waals surface area contributed by atoms with Crippen molar-refractivity contribution in [1.29, 1.82) is 0 Å². The van der Waals surface area contributed by atoms with Crippen LogP contribution in [0.3, 0.4) is 0 Å². The number of hydrogen-bond donors (Lipinski definition) is 0. The number of nitrogens with zero attached hydrogens (tertiary/aromatic N) is 2. The second-order valence-corrected chi connectivity index (χ2v) is 7.30. The van der Waals surface area contributed by atoms with Crippen LogP contribution in [0.5, 0.6) is 0 Å². The number of halogens is 1. The molecule has 0 aliphatic carbocycles. The van der Waals surface area contributed by atoms with Crippen molar-refractivity contribution >= 4 is 44.2 Å². The van der Waals surface area contributed by atoms with Crippen LogP contribution < -0.4 is 4.90 Å². The van der Waals surface area contributed by atoms with Gasteiger partial charge in [0.1, 0.15) is 0 Å². The number of amides is 1. The first kappa shape index (κ1) is 16.8. The lowest BCUT2D eigenvalue weighted by atomic mass is 10.1. The molecular weight excluding hydrogens is 364 g/mol. The van der Waals surface area contributed by atoms with E-state index in [1.807, 2.05) is 78.9 Å². The van der Waals surface area contributed by atoms with Gasteiger partial charge in [-0.05, 0) is 35.9 Å². The monoisotopic (exact) mass is 378 g/mol. The molecule has 1 amide bonds. The fourth-order valence-corrected chi connectivity index (χ4v) is 3.97. The van der Waals surface area contributed by atoms with Crippen molar-refractivity contribution in [3.05, 3.63) is 95.0 Å². The van der Waals surface area contributed by atoms with Crippen molar-refractivity contribution in [2.75, 3.05) is 4.90 Å². The molecule has 128 valence electrons. The number of aromatic nitrogens is 1. The first-order valence-electron chi connectivity index (χ1n) is 8.17. The van der Waals surface area contributed by atoms with E-state index in [0.717, 1.165) is 15.8 Å². The van der Waals surface area contributed by atoms with Crippen LogP contribution in [0.2, 0.25) is 5.02 Å². The third-order valence-electron chi connectivity index (χ3n) is 4.02. The van der Waals surface area contributed by atoms with E-state index in [1.54, 1.807) is 4.90 Å². The van der Waals surface area contributed by atoms with Crippen molar-refractivity contribution in [2.45, 2.75) is 6.54 Å². The molecule has 0 bridgehead atoms. The number of benzene rings is 3. The molecule has 1 aromatic heterocycles. The van der Waals surface area contributed by atoms with E-state index in [1.165, 1.54) is 11.3 Å². The van der Waals surface area contributed by atoms with Gasteiger partial charge in [0.2, 0.25) is 0 Å². The Kier molecular flexibility index (Phi) is 4.69. The molecule has 0 aliphatic rings. The zero-order valence-corrected chi connectivity index (χ0v) is 15.4. The number of carbonyl (C=O) groups is 1. The molecule has 5 heteroatoms. The van der Waals surface area contributed by atoms with Crippen LogP contribution in [0.1, 0.15) is 15.9 Å². The molecule has 3 aromatic carbocycles. The van der Waals surface area contributed by atoms with Crippen molar-refractivity contribution < 1.29 is 4.79 Å². The molecule has 0 radical (unpaired) electrons. The Morgan fingerprint density at radius 3 is 2.38 bits per heavy atom. The third kappa shape index (κ3) is 3.47. The van der Waals surface area contributed by atoms with Crippen molar-refractivity contribution in [1.82, 2.24) is 4.98 Å². The van der Waals surface area contributed by atoms with E-state index in [0.29, 0.717) is 22.3 Å². The van der Waals surface area contributed by atoms with E-state index >= 15 is 0 Å². The second-order valence-electron chi connectivity index (χ2n) is 5.85. The highest BCUT2D eigenvalue weighted by Gasteiger charge is 2.21. The summed E-state index contributed by atoms with van der Waals surface area (Å²) < 4.78 is 0.964. The van der Waals surface area contributed by atoms with Gasteiger partial charge < -0.3 is 0 Å². The Morgan fingerprint density at radius 1 is 0.962 bits per heavy atom. The Balaban J connectivity index is 1.77. The summed E-state index contributed by atoms with van der Waals surface area (Å²) in [6.07, 6.45) is 0. The Hall–Kier alpha value is -2.69. The normalized spacial score (nSPS) is 10.8. The van der Waals surface area contributed by atoms with Gasteiger partial charge in [-0.3, -0.25) is 9.69 Å². The summed E-state index contributed by atoms with van der Waals surface area (Å²) in [6.45, 7) is 0.460. The van der Waals surface area contributed by atoms with E-state index in [-0.39, 0.29) is 5.91 Å². The summed E-state index contributed by atoms with van der Waals surface area (Å²) in [7, 11) is 0. The van der Waals surface area contributed by atoms with Gasteiger partial charge in [-0.1, -0.05) is 71.5 Å². The summed E-state index contributed by atoms with van der Waals surface area (Å²) in [5, 5.41) is 1.33. The van der Waals surface area contributed by atoms with Crippen LogP contribution in [0.15, 0.2) is 78.9 Å². The topological polar surface area (TPSA) is 33.2 Å². The zero-order valence-electron chi connectivity index (χ0n) is 13.8. The van der Waals surface area contributed by atoms with Gasteiger partial charge in [-0.25, -0.2) is 4.98 Å². The zero-order chi connectivity index (χ0) is 17.9. The molecule has 0 atom stereocenters. The average molecular weight is 379 g/mol. The van der Waals surface area contributed by atoms with Gasteiger partial charge in [0.25, 0.3) is 5.91 Å². The van der Waals surface area contributed by atoms with E-state index in [9.17, 15) is 4.79 Å². The molecule has 4 aromatic rings. The summed E-state index contributed by atoms with van der Waals surface area (Å²) in [4.78, 5) is 19.5. The maximum Gasteiger partial charge on any atom is 0.260 e. The highest BCUT2D eigenvalue weighted by molar-refractivity contribution is 7.22. The van der Waals surface area contributed by atoms with Crippen LogP contribution in [-0.4, -0.2) is 10.9 Å². The largest absolute Gasteiger partial charge is 0.279 e. The lowest BCUT2D eigenvalue weighted by molar-refractivity contribution is 0.0985. The van der Waals surface area contributed by atoms with Crippen LogP contribution in [0, 0.1) is 0 Å². The molecule has 0 fully saturated rings. The van der Waals surface area contributed by atoms with Crippen molar-refractivity contribution in [2.24, 2.45) is 0 Å². The standard InChI is InChI=1S/C21H15ClN2OS/c22-17-11-12-18-19(13-17)26-21(23-18)24(14-15-7-3-1-4-8-15)20(25)16-9-5-2-6-10-16/h1-13H,14H2. The van der Waals surface area contributed by atoms with Crippen LogP contribution in [-0.2, 0) is 6.54 Å². The van der Waals surface area contributed by atoms with Crippen LogP contribution >= 0.6 is 22.9 Å². The predicted octanol–water partition coefficient (Wildman–Crippen LogP) is 5.80. The lowest BCUT2D eigenvalue weighted by Gasteiger charge is -2.20. The first-order valence-corrected chi connectivity index (χ1v) is 9.37. The molecule has 1 heterocycles. The SMILES string of the molecule is O=C(c1ccccc1)N(Cc1ccccc1)c1nc2ccc(Cl)cc2s1. The molecular formula is C21H15ClN2OS. The lowest BCUT2D eigenvalue weighted by Crippen LogP contribution is -2.30. The quantitative estimate of drug-likeness (QED) is 0.449. The predicted molar refractivity (Wildman–Crippen MR) is 108 cm³/mol. The smallest absolute Gasteiger partial charge is 0.260 e. The number of fused-ring (bicyclic) bond motifs is 1. The minimum atomic E-state index is -0.0698. The van der Waals surface area contributed by atoms with E-state index in [2.05, 4.69) is 4.98 Å². The number of carbonyl (C=O) groups excluding carboxylic acids is 1. The van der Waals surface area contributed by atoms with E-state index < -0.39 is 0 Å². The second kappa shape index (κ2) is 7.28. The Morgan fingerprint density at radius 2 is 1.65 bits per heavy atom. The first-order chi connectivity index (χ1) is 12.7. The highest BCUT2D eigenvalue weighted by Crippen LogP contribution is 2.32. The van der Waals surface area contributed by atoms with E-state index in [4.69, 9.17) is 11.6 Å². The van der Waals surface area contributed by atoms with Crippen molar-refractivity contribution in [3.8, 4) is 0 Å². The molecule has 0 aliphatic heterocycles. The average Bonchev–Trinajstić information content (AvgIpc) is 3.10. The number of thiazole rings is 1. The van der Waals surface area contributed by atoms with Gasteiger partial charge >= 0.3 is 0 Å². The van der Waals surface area contributed by atoms with Gasteiger partial charge in [-0.15, -0.1) is 0 Å². The van der Waals surface area contributed by atoms with Gasteiger partial charge in [0, 0.05) is 10.6 Å². The molecule has 0 saturated heterocycles. The summed E-state index contributed by atoms with van der Waals surface area (Å²) >= 11 is 7.57. The number of rotatable bonds is 4. The minimum Gasteiger partial charge on any atom is -0.279 e. The number of anilines is 1. The fraction of sp³-hybridized carbons (Fsp3) is 0.0476. The van der Waals surface area contributed by atoms with Gasteiger partial charge in [0.05, 0.1) is 16.8 Å². The summed E-state index contributed by atoms with van der Waals surface area (Å²) in [6, 6.07) is 24.8.